The minimum absolute atomic E-state index is 0.00366. The van der Waals surface area contributed by atoms with Gasteiger partial charge in [0, 0.05) is 30.2 Å². The molecule has 3 aromatic heterocycles. The van der Waals surface area contributed by atoms with Crippen LogP contribution in [0.25, 0.3) is 11.4 Å². The van der Waals surface area contributed by atoms with Crippen molar-refractivity contribution in [3.05, 3.63) is 70.8 Å². The van der Waals surface area contributed by atoms with Crippen molar-refractivity contribution < 1.29 is 28.2 Å². The van der Waals surface area contributed by atoms with E-state index < -0.39 is 11.8 Å². The minimum Gasteiger partial charge on any atom is -0.474 e. The molecule has 0 unspecified atom stereocenters. The Kier molecular flexibility index (Phi) is 6.21. The number of oxazole rings is 1. The average molecular weight is 559 g/mol. The van der Waals surface area contributed by atoms with Crippen LogP contribution in [0.3, 0.4) is 0 Å². The highest BCUT2D eigenvalue weighted by Gasteiger charge is 2.58. The normalized spacial score (nSPS) is 23.5. The Morgan fingerprint density at radius 2 is 2.15 bits per heavy atom. The Bertz CT molecular complexity index is 1690. The number of pyridine rings is 1. The molecule has 0 bridgehead atoms. The molecule has 3 fully saturated rings. The molecule has 3 aliphatic rings. The van der Waals surface area contributed by atoms with Crippen molar-refractivity contribution in [3.63, 3.8) is 0 Å². The van der Waals surface area contributed by atoms with E-state index in [1.807, 2.05) is 22.8 Å². The number of likely N-dealkylation sites (tertiary alicyclic amines) is 1. The highest BCUT2D eigenvalue weighted by Crippen LogP contribution is 2.58. The lowest BCUT2D eigenvalue weighted by atomic mass is 9.91. The van der Waals surface area contributed by atoms with Gasteiger partial charge in [-0.2, -0.15) is 15.2 Å². The Hall–Kier alpha value is -4.34. The van der Waals surface area contributed by atoms with Crippen molar-refractivity contribution in [2.45, 2.75) is 50.5 Å². The molecule has 1 N–H and O–H groups in total. The lowest BCUT2D eigenvalue weighted by Crippen LogP contribution is -2.37. The fourth-order valence-electron chi connectivity index (χ4n) is 6.02. The predicted octanol–water partition coefficient (Wildman–Crippen LogP) is 3.66. The van der Waals surface area contributed by atoms with E-state index in [1.54, 1.807) is 18.2 Å². The van der Waals surface area contributed by atoms with Gasteiger partial charge in [-0.3, -0.25) is 4.90 Å². The average Bonchev–Trinajstić information content (AvgIpc) is 3.40. The molecule has 2 saturated heterocycles. The summed E-state index contributed by atoms with van der Waals surface area (Å²) in [6, 6.07) is 12.0. The van der Waals surface area contributed by atoms with Crippen LogP contribution in [0.15, 0.2) is 40.8 Å². The summed E-state index contributed by atoms with van der Waals surface area (Å²) in [5.74, 6) is -0.381. The van der Waals surface area contributed by atoms with Gasteiger partial charge in [0.25, 0.3) is 5.71 Å². The van der Waals surface area contributed by atoms with E-state index in [0.29, 0.717) is 36.1 Å². The van der Waals surface area contributed by atoms with E-state index in [9.17, 15) is 14.3 Å². The summed E-state index contributed by atoms with van der Waals surface area (Å²) in [4.78, 5) is 27.3. The summed E-state index contributed by atoms with van der Waals surface area (Å²) in [7, 11) is 0. The van der Waals surface area contributed by atoms with Gasteiger partial charge in [-0.05, 0) is 49.9 Å². The maximum atomic E-state index is 14.3. The van der Waals surface area contributed by atoms with Crippen LogP contribution < -0.4 is 4.74 Å². The van der Waals surface area contributed by atoms with E-state index in [4.69, 9.17) is 24.1 Å². The molecule has 0 spiro atoms. The third kappa shape index (κ3) is 4.71. The van der Waals surface area contributed by atoms with Gasteiger partial charge in [0.15, 0.2) is 0 Å². The van der Waals surface area contributed by atoms with Crippen molar-refractivity contribution in [3.8, 4) is 11.9 Å². The molecule has 0 radical (unpaired) electrons. The van der Waals surface area contributed by atoms with Crippen LogP contribution in [-0.4, -0.2) is 61.3 Å². The molecular formula is C29H27FN6O5. The van der Waals surface area contributed by atoms with Gasteiger partial charge < -0.3 is 23.6 Å². The number of fused-ring (bicyclic) bond motifs is 2. The molecule has 3 atom stereocenters. The second-order valence-corrected chi connectivity index (χ2v) is 11.0. The van der Waals surface area contributed by atoms with Gasteiger partial charge >= 0.3 is 11.9 Å². The number of nitriles is 1. The molecule has 1 aromatic carbocycles. The number of nitrogens with zero attached hydrogens (tertiary/aromatic N) is 6. The van der Waals surface area contributed by atoms with Gasteiger partial charge in [-0.1, -0.05) is 12.1 Å². The number of halogens is 1. The van der Waals surface area contributed by atoms with E-state index in [0.717, 1.165) is 50.5 Å². The molecule has 12 heteroatoms. The Labute approximate surface area is 234 Å². The third-order valence-corrected chi connectivity index (χ3v) is 8.49. The van der Waals surface area contributed by atoms with Gasteiger partial charge in [-0.15, -0.1) is 0 Å². The van der Waals surface area contributed by atoms with Gasteiger partial charge in [-0.25, -0.2) is 14.2 Å². The summed E-state index contributed by atoms with van der Waals surface area (Å²) in [5.41, 5.74) is 2.30. The summed E-state index contributed by atoms with van der Waals surface area (Å²) in [6.45, 7) is 3.64. The zero-order chi connectivity index (χ0) is 28.1. The Morgan fingerprint density at radius 1 is 1.27 bits per heavy atom. The zero-order valence-corrected chi connectivity index (χ0v) is 22.1. The molecule has 41 heavy (non-hydrogen) atoms. The van der Waals surface area contributed by atoms with Crippen molar-refractivity contribution in [1.82, 2.24) is 24.4 Å². The number of aromatic carboxylic acids is 1. The second-order valence-electron chi connectivity index (χ2n) is 11.0. The third-order valence-electron chi connectivity index (χ3n) is 8.49. The SMILES string of the molecule is N#Cc1ccc(COc2cccc([C@]34CCN(Cc5nc6oc(C(=O)O)nc6n5C[C@@H]5CCO5)C[C@H]3C4)n2)c(F)c1. The van der Waals surface area contributed by atoms with Crippen LogP contribution in [0.2, 0.25) is 0 Å². The zero-order valence-electron chi connectivity index (χ0n) is 22.1. The van der Waals surface area contributed by atoms with E-state index in [1.165, 1.54) is 6.07 Å². The Morgan fingerprint density at radius 3 is 2.88 bits per heavy atom. The molecule has 1 saturated carbocycles. The van der Waals surface area contributed by atoms with Crippen LogP contribution in [0.1, 0.15) is 52.6 Å². The fourth-order valence-corrected chi connectivity index (χ4v) is 6.02. The van der Waals surface area contributed by atoms with Crippen LogP contribution in [0.4, 0.5) is 4.39 Å². The van der Waals surface area contributed by atoms with Crippen molar-refractivity contribution in [2.24, 2.45) is 5.92 Å². The monoisotopic (exact) mass is 558 g/mol. The van der Waals surface area contributed by atoms with Gasteiger partial charge in [0.05, 0.1) is 36.5 Å². The summed E-state index contributed by atoms with van der Waals surface area (Å²) in [5, 5.41) is 18.2. The summed E-state index contributed by atoms with van der Waals surface area (Å²) >= 11 is 0. The molecule has 1 aliphatic carbocycles. The molecular weight excluding hydrogens is 531 g/mol. The first-order valence-corrected chi connectivity index (χ1v) is 13.6. The van der Waals surface area contributed by atoms with Crippen LogP contribution in [-0.2, 0) is 29.8 Å². The van der Waals surface area contributed by atoms with Gasteiger partial charge in [0.2, 0.25) is 11.5 Å². The molecule has 7 rings (SSSR count). The van der Waals surface area contributed by atoms with Crippen LogP contribution in [0.5, 0.6) is 5.88 Å². The van der Waals surface area contributed by atoms with Crippen molar-refractivity contribution in [2.75, 3.05) is 19.7 Å². The number of carbonyl (C=O) groups is 1. The highest BCUT2D eigenvalue weighted by molar-refractivity contribution is 5.85. The molecule has 0 amide bonds. The topological polar surface area (TPSA) is 140 Å². The van der Waals surface area contributed by atoms with Gasteiger partial charge in [0.1, 0.15) is 18.2 Å². The standard InChI is InChI=1S/C29H27FN6O5/c30-21-10-17(12-31)4-5-18(21)16-40-24-3-1-2-22(32-24)29-7-8-35(13-19(29)11-29)15-23-33-26-25(34-27(41-26)28(37)38)36(23)14-20-6-9-39-20/h1-5,10,19-20H,6-9,11,13-16H2,(H,37,38)/t19-,20+,29+/m1/s1. The van der Waals surface area contributed by atoms with E-state index in [-0.39, 0.29) is 35.3 Å². The molecule has 11 nitrogen and oxygen atoms in total. The number of hydrogen-bond donors (Lipinski definition) is 1. The fraction of sp³-hybridized carbons (Fsp3) is 0.414. The lowest BCUT2D eigenvalue weighted by Gasteiger charge is -2.32. The van der Waals surface area contributed by atoms with Crippen LogP contribution in [0, 0.1) is 23.1 Å². The summed E-state index contributed by atoms with van der Waals surface area (Å²) in [6.07, 6.45) is 2.96. The Balaban J connectivity index is 1.03. The first-order valence-electron chi connectivity index (χ1n) is 13.6. The molecule has 5 heterocycles. The molecule has 4 aromatic rings. The quantitative estimate of drug-likeness (QED) is 0.324. The number of rotatable bonds is 9. The van der Waals surface area contributed by atoms with E-state index >= 15 is 0 Å². The number of benzene rings is 1. The predicted molar refractivity (Wildman–Crippen MR) is 140 cm³/mol. The molecule has 210 valence electrons. The number of ether oxygens (including phenoxy) is 2. The number of carboxylic acid groups (broad SMARTS) is 1. The van der Waals surface area contributed by atoms with Crippen molar-refractivity contribution >= 4 is 17.3 Å². The largest absolute Gasteiger partial charge is 0.474 e. The second kappa shape index (κ2) is 9.94. The minimum atomic E-state index is -1.22. The number of hydrogen-bond acceptors (Lipinski definition) is 9. The number of imidazole rings is 1. The van der Waals surface area contributed by atoms with Crippen LogP contribution >= 0.6 is 0 Å². The lowest BCUT2D eigenvalue weighted by molar-refractivity contribution is -0.0593. The maximum absolute atomic E-state index is 14.3. The summed E-state index contributed by atoms with van der Waals surface area (Å²) < 4.78 is 33.0. The van der Waals surface area contributed by atoms with Crippen molar-refractivity contribution in [1.29, 1.82) is 5.26 Å². The number of aromatic nitrogens is 4. The number of carboxylic acids is 1. The maximum Gasteiger partial charge on any atom is 0.392 e. The highest BCUT2D eigenvalue weighted by atomic mass is 19.1. The smallest absolute Gasteiger partial charge is 0.392 e. The number of piperidine rings is 1. The van der Waals surface area contributed by atoms with E-state index in [2.05, 4.69) is 14.9 Å². The molecule has 2 aliphatic heterocycles. The first kappa shape index (κ1) is 25.6. The first-order chi connectivity index (χ1) is 19.9.